The molecular weight excluding hydrogens is 166 g/mol. The zero-order chi connectivity index (χ0) is 9.84. The van der Waals surface area contributed by atoms with Crippen LogP contribution in [0, 0.1) is 0 Å². The maximum absolute atomic E-state index is 10.9. The maximum Gasteiger partial charge on any atom is 0.249 e. The number of nitrogens with two attached hydrogens (primary N) is 1. The second kappa shape index (κ2) is 3.76. The Morgan fingerprint density at radius 1 is 1.62 bits per heavy atom. The number of rotatable bonds is 3. The predicted octanol–water partition coefficient (Wildman–Crippen LogP) is 1.22. The summed E-state index contributed by atoms with van der Waals surface area (Å²) in [6.45, 7) is 3.53. The van der Waals surface area contributed by atoms with Gasteiger partial charge in [0.1, 0.15) is 5.75 Å². The Hall–Kier alpha value is -1.77. The first-order chi connectivity index (χ1) is 6.16. The van der Waals surface area contributed by atoms with Crippen molar-refractivity contribution in [2.45, 2.75) is 6.42 Å². The third kappa shape index (κ3) is 1.87. The summed E-state index contributed by atoms with van der Waals surface area (Å²) < 4.78 is 0. The van der Waals surface area contributed by atoms with Gasteiger partial charge in [0.25, 0.3) is 0 Å². The van der Waals surface area contributed by atoms with Crippen LogP contribution in [0.2, 0.25) is 0 Å². The monoisotopic (exact) mass is 177 g/mol. The minimum absolute atomic E-state index is 0.0798. The zero-order valence-electron chi connectivity index (χ0n) is 7.16. The molecule has 0 bridgehead atoms. The molecule has 3 nitrogen and oxygen atoms in total. The van der Waals surface area contributed by atoms with E-state index in [4.69, 9.17) is 5.73 Å². The van der Waals surface area contributed by atoms with Crippen molar-refractivity contribution in [2.24, 2.45) is 5.73 Å². The Labute approximate surface area is 76.5 Å². The Balaban J connectivity index is 3.24. The van der Waals surface area contributed by atoms with E-state index in [1.165, 1.54) is 6.07 Å². The van der Waals surface area contributed by atoms with Gasteiger partial charge in [-0.2, -0.15) is 0 Å². The predicted molar refractivity (Wildman–Crippen MR) is 50.5 cm³/mol. The average molecular weight is 177 g/mol. The van der Waals surface area contributed by atoms with Gasteiger partial charge in [0, 0.05) is 11.1 Å². The summed E-state index contributed by atoms with van der Waals surface area (Å²) >= 11 is 0. The number of phenolic OH excluding ortho intramolecular Hbond substituents is 1. The first-order valence-electron chi connectivity index (χ1n) is 3.88. The Morgan fingerprint density at radius 3 is 2.85 bits per heavy atom. The highest BCUT2D eigenvalue weighted by molar-refractivity contribution is 5.95. The van der Waals surface area contributed by atoms with E-state index in [1.807, 2.05) is 0 Å². The zero-order valence-corrected chi connectivity index (χ0v) is 7.16. The number of carbonyl (C=O) groups is 1. The molecule has 0 aromatic heterocycles. The van der Waals surface area contributed by atoms with Gasteiger partial charge in [-0.3, -0.25) is 4.79 Å². The molecule has 1 rings (SSSR count). The van der Waals surface area contributed by atoms with Gasteiger partial charge in [0.2, 0.25) is 5.91 Å². The van der Waals surface area contributed by atoms with Gasteiger partial charge < -0.3 is 10.8 Å². The largest absolute Gasteiger partial charge is 0.508 e. The molecule has 0 unspecified atom stereocenters. The van der Waals surface area contributed by atoms with Crippen LogP contribution in [0.4, 0.5) is 0 Å². The highest BCUT2D eigenvalue weighted by atomic mass is 16.3. The lowest BCUT2D eigenvalue weighted by Gasteiger charge is -2.05. The number of allylic oxidation sites excluding steroid dienone is 1. The number of amides is 1. The van der Waals surface area contributed by atoms with Crippen LogP contribution in [0.5, 0.6) is 5.75 Å². The van der Waals surface area contributed by atoms with Crippen LogP contribution < -0.4 is 5.73 Å². The van der Waals surface area contributed by atoms with Crippen LogP contribution in [0.3, 0.4) is 0 Å². The third-order valence-electron chi connectivity index (χ3n) is 1.77. The lowest BCUT2D eigenvalue weighted by molar-refractivity contribution is 0.0999. The van der Waals surface area contributed by atoms with E-state index >= 15 is 0 Å². The molecule has 1 aromatic carbocycles. The molecule has 0 aliphatic heterocycles. The van der Waals surface area contributed by atoms with Gasteiger partial charge in [0.05, 0.1) is 0 Å². The number of hydrogen-bond acceptors (Lipinski definition) is 2. The van der Waals surface area contributed by atoms with Gasteiger partial charge in [0.15, 0.2) is 0 Å². The topological polar surface area (TPSA) is 63.3 Å². The lowest BCUT2D eigenvalue weighted by atomic mass is 10.0. The molecule has 0 atom stereocenters. The fourth-order valence-electron chi connectivity index (χ4n) is 1.16. The Kier molecular flexibility index (Phi) is 2.69. The van der Waals surface area contributed by atoms with Crippen LogP contribution >= 0.6 is 0 Å². The van der Waals surface area contributed by atoms with E-state index in [0.29, 0.717) is 17.5 Å². The van der Waals surface area contributed by atoms with Gasteiger partial charge in [-0.15, -0.1) is 6.58 Å². The second-order valence-corrected chi connectivity index (χ2v) is 2.66. The van der Waals surface area contributed by atoms with Crippen LogP contribution in [0.15, 0.2) is 30.9 Å². The minimum Gasteiger partial charge on any atom is -0.508 e. The Morgan fingerprint density at radius 2 is 2.31 bits per heavy atom. The summed E-state index contributed by atoms with van der Waals surface area (Å²) in [5, 5.41) is 9.42. The van der Waals surface area contributed by atoms with Crippen molar-refractivity contribution in [3.8, 4) is 5.75 Å². The Bertz CT molecular complexity index is 345. The molecule has 0 saturated carbocycles. The van der Waals surface area contributed by atoms with Crippen molar-refractivity contribution < 1.29 is 9.90 Å². The molecule has 3 N–H and O–H groups in total. The van der Waals surface area contributed by atoms with Crippen molar-refractivity contribution >= 4 is 5.91 Å². The summed E-state index contributed by atoms with van der Waals surface area (Å²) in [7, 11) is 0. The average Bonchev–Trinajstić information content (AvgIpc) is 2.08. The summed E-state index contributed by atoms with van der Waals surface area (Å²) in [6, 6.07) is 4.69. The molecule has 0 aliphatic rings. The molecule has 0 radical (unpaired) electrons. The summed E-state index contributed by atoms with van der Waals surface area (Å²) in [5.74, 6) is -0.455. The normalized spacial score (nSPS) is 9.54. The van der Waals surface area contributed by atoms with Gasteiger partial charge in [-0.05, 0) is 18.6 Å². The van der Waals surface area contributed by atoms with E-state index in [2.05, 4.69) is 6.58 Å². The number of hydrogen-bond donors (Lipinski definition) is 2. The molecular formula is C10H11NO2. The van der Waals surface area contributed by atoms with Gasteiger partial charge in [-0.1, -0.05) is 12.1 Å². The molecule has 3 heteroatoms. The summed E-state index contributed by atoms with van der Waals surface area (Å²) in [5.41, 5.74) is 6.01. The number of primary amides is 1. The van der Waals surface area contributed by atoms with E-state index < -0.39 is 5.91 Å². The van der Waals surface area contributed by atoms with Gasteiger partial charge >= 0.3 is 0 Å². The standard InChI is InChI=1S/C10H11NO2/c1-2-4-7-8(10(11)13)5-3-6-9(7)12/h2-3,5-6,12H,1,4H2,(H2,11,13). The van der Waals surface area contributed by atoms with Gasteiger partial charge in [-0.25, -0.2) is 0 Å². The quantitative estimate of drug-likeness (QED) is 0.682. The SMILES string of the molecule is C=CCc1c(O)cccc1C(N)=O. The van der Waals surface area contributed by atoms with Crippen LogP contribution in [0.25, 0.3) is 0 Å². The molecule has 0 aliphatic carbocycles. The number of benzene rings is 1. The second-order valence-electron chi connectivity index (χ2n) is 2.66. The smallest absolute Gasteiger partial charge is 0.249 e. The van der Waals surface area contributed by atoms with E-state index in [1.54, 1.807) is 18.2 Å². The van der Waals surface area contributed by atoms with Crippen molar-refractivity contribution in [3.05, 3.63) is 42.0 Å². The minimum atomic E-state index is -0.534. The lowest BCUT2D eigenvalue weighted by Crippen LogP contribution is -2.13. The summed E-state index contributed by atoms with van der Waals surface area (Å²) in [6.07, 6.45) is 2.05. The number of aromatic hydroxyl groups is 1. The first kappa shape index (κ1) is 9.32. The molecule has 0 saturated heterocycles. The molecule has 1 aromatic rings. The highest BCUT2D eigenvalue weighted by Gasteiger charge is 2.09. The van der Waals surface area contributed by atoms with E-state index in [9.17, 15) is 9.90 Å². The molecule has 13 heavy (non-hydrogen) atoms. The van der Waals surface area contributed by atoms with Crippen molar-refractivity contribution in [2.75, 3.05) is 0 Å². The van der Waals surface area contributed by atoms with Crippen molar-refractivity contribution in [1.82, 2.24) is 0 Å². The molecule has 68 valence electrons. The maximum atomic E-state index is 10.9. The molecule has 0 spiro atoms. The van der Waals surface area contributed by atoms with Crippen LogP contribution in [-0.2, 0) is 6.42 Å². The van der Waals surface area contributed by atoms with Crippen LogP contribution in [-0.4, -0.2) is 11.0 Å². The first-order valence-corrected chi connectivity index (χ1v) is 3.88. The number of phenols is 1. The van der Waals surface area contributed by atoms with Crippen molar-refractivity contribution in [3.63, 3.8) is 0 Å². The van der Waals surface area contributed by atoms with Crippen LogP contribution in [0.1, 0.15) is 15.9 Å². The van der Waals surface area contributed by atoms with E-state index in [0.717, 1.165) is 0 Å². The molecule has 0 fully saturated rings. The fraction of sp³-hybridized carbons (Fsp3) is 0.100. The third-order valence-corrected chi connectivity index (χ3v) is 1.77. The number of carbonyl (C=O) groups excluding carboxylic acids is 1. The fourth-order valence-corrected chi connectivity index (χ4v) is 1.16. The highest BCUT2D eigenvalue weighted by Crippen LogP contribution is 2.21. The molecule has 0 heterocycles. The van der Waals surface area contributed by atoms with Crippen molar-refractivity contribution in [1.29, 1.82) is 0 Å². The molecule has 1 amide bonds. The van der Waals surface area contributed by atoms with E-state index in [-0.39, 0.29) is 5.75 Å². The summed E-state index contributed by atoms with van der Waals surface area (Å²) in [4.78, 5) is 10.9.